The number of benzene rings is 2. The third kappa shape index (κ3) is 3.60. The summed E-state index contributed by atoms with van der Waals surface area (Å²) in [6, 6.07) is 7.07. The number of sulfone groups is 1. The van der Waals surface area contributed by atoms with Gasteiger partial charge in [0.05, 0.1) is 9.40 Å². The molecule has 0 bridgehead atoms. The van der Waals surface area contributed by atoms with Crippen LogP contribution in [0.2, 0.25) is 0 Å². The van der Waals surface area contributed by atoms with Gasteiger partial charge >= 0.3 is 0 Å². The monoisotopic (exact) mass is 389 g/mol. The van der Waals surface area contributed by atoms with Gasteiger partial charge in [0.2, 0.25) is 0 Å². The Kier molecular flexibility index (Phi) is 4.47. The zero-order valence-electron chi connectivity index (χ0n) is 11.1. The Morgan fingerprint density at radius 2 is 1.91 bits per heavy atom. The summed E-state index contributed by atoms with van der Waals surface area (Å²) < 4.78 is 42.5. The molecule has 0 aromatic heterocycles. The van der Waals surface area contributed by atoms with Gasteiger partial charge in [0.15, 0.2) is 9.84 Å². The molecule has 0 saturated heterocycles. The van der Waals surface area contributed by atoms with Crippen LogP contribution in [0.1, 0.15) is 0 Å². The van der Waals surface area contributed by atoms with Gasteiger partial charge < -0.3 is 4.74 Å². The van der Waals surface area contributed by atoms with Crippen molar-refractivity contribution in [2.75, 3.05) is 6.26 Å². The van der Waals surface area contributed by atoms with E-state index in [2.05, 4.69) is 15.9 Å². The molecule has 2 rings (SSSR count). The fourth-order valence-corrected chi connectivity index (χ4v) is 2.71. The van der Waals surface area contributed by atoms with E-state index in [-0.39, 0.29) is 26.6 Å². The largest absolute Gasteiger partial charge is 0.456 e. The summed E-state index contributed by atoms with van der Waals surface area (Å²) >= 11 is 2.99. The predicted octanol–water partition coefficient (Wildman–Crippen LogP) is 3.69. The predicted molar refractivity (Wildman–Crippen MR) is 80.4 cm³/mol. The van der Waals surface area contributed by atoms with Crippen molar-refractivity contribution in [3.05, 3.63) is 56.8 Å². The van der Waals surface area contributed by atoms with Crippen LogP contribution in [0, 0.1) is 15.9 Å². The summed E-state index contributed by atoms with van der Waals surface area (Å²) in [4.78, 5) is 9.69. The first-order valence-corrected chi connectivity index (χ1v) is 8.48. The molecule has 2 aromatic rings. The third-order valence-electron chi connectivity index (χ3n) is 2.66. The standard InChI is InChI=1S/C13H9BrFNO5S/c1-22(19,20)13-6-8(16(17)18)2-5-12(13)21-9-3-4-10(14)11(15)7-9/h2-7H,1H3. The van der Waals surface area contributed by atoms with Crippen LogP contribution in [0.5, 0.6) is 11.5 Å². The fourth-order valence-electron chi connectivity index (χ4n) is 1.65. The van der Waals surface area contributed by atoms with Crippen molar-refractivity contribution in [2.45, 2.75) is 4.90 Å². The second-order valence-corrected chi connectivity index (χ2v) is 7.18. The quantitative estimate of drug-likeness (QED) is 0.587. The van der Waals surface area contributed by atoms with Gasteiger partial charge in [-0.25, -0.2) is 12.8 Å². The molecule has 0 heterocycles. The molecule has 0 aliphatic rings. The van der Waals surface area contributed by atoms with Gasteiger partial charge in [0.25, 0.3) is 5.69 Å². The molecule has 0 aliphatic heterocycles. The summed E-state index contributed by atoms with van der Waals surface area (Å²) in [5.41, 5.74) is -0.380. The average Bonchev–Trinajstić information content (AvgIpc) is 2.42. The van der Waals surface area contributed by atoms with E-state index in [1.807, 2.05) is 0 Å². The Labute approximate surface area is 133 Å². The van der Waals surface area contributed by atoms with Gasteiger partial charge in [0, 0.05) is 24.5 Å². The van der Waals surface area contributed by atoms with Gasteiger partial charge in [-0.15, -0.1) is 0 Å². The average molecular weight is 390 g/mol. The summed E-state index contributed by atoms with van der Waals surface area (Å²) in [5, 5.41) is 10.7. The van der Waals surface area contributed by atoms with E-state index in [1.165, 1.54) is 12.1 Å². The van der Waals surface area contributed by atoms with E-state index in [0.29, 0.717) is 0 Å². The van der Waals surface area contributed by atoms with E-state index in [9.17, 15) is 22.9 Å². The first kappa shape index (κ1) is 16.4. The highest BCUT2D eigenvalue weighted by Gasteiger charge is 2.20. The van der Waals surface area contributed by atoms with Crippen LogP contribution >= 0.6 is 15.9 Å². The zero-order valence-corrected chi connectivity index (χ0v) is 13.5. The minimum atomic E-state index is -3.76. The van der Waals surface area contributed by atoms with Crippen LogP contribution in [0.25, 0.3) is 0 Å². The smallest absolute Gasteiger partial charge is 0.271 e. The first-order valence-electron chi connectivity index (χ1n) is 5.80. The van der Waals surface area contributed by atoms with Gasteiger partial charge in [-0.05, 0) is 34.1 Å². The molecule has 6 nitrogen and oxygen atoms in total. The molecule has 116 valence electrons. The van der Waals surface area contributed by atoms with Crippen molar-refractivity contribution in [2.24, 2.45) is 0 Å². The Hall–Kier alpha value is -2.00. The van der Waals surface area contributed by atoms with E-state index < -0.39 is 20.6 Å². The van der Waals surface area contributed by atoms with Crippen LogP contribution in [0.4, 0.5) is 10.1 Å². The first-order chi connectivity index (χ1) is 10.2. The molecular weight excluding hydrogens is 381 g/mol. The Balaban J connectivity index is 2.50. The van der Waals surface area contributed by atoms with Crippen molar-refractivity contribution >= 4 is 31.5 Å². The molecule has 0 aliphatic carbocycles. The number of ether oxygens (including phenoxy) is 1. The molecule has 0 atom stereocenters. The highest BCUT2D eigenvalue weighted by molar-refractivity contribution is 9.10. The van der Waals surface area contributed by atoms with Crippen LogP contribution in [0.15, 0.2) is 45.8 Å². The summed E-state index contributed by atoms with van der Waals surface area (Å²) in [5.74, 6) is -0.630. The number of nitrogens with zero attached hydrogens (tertiary/aromatic N) is 1. The molecule has 0 spiro atoms. The molecule has 0 N–H and O–H groups in total. The highest BCUT2D eigenvalue weighted by atomic mass is 79.9. The maximum Gasteiger partial charge on any atom is 0.271 e. The number of non-ortho nitro benzene ring substituents is 1. The molecule has 0 radical (unpaired) electrons. The summed E-state index contributed by atoms with van der Waals surface area (Å²) in [6.45, 7) is 0. The molecular formula is C13H9BrFNO5S. The molecule has 0 amide bonds. The molecule has 0 unspecified atom stereocenters. The van der Waals surface area contributed by atoms with E-state index in [4.69, 9.17) is 4.74 Å². The lowest BCUT2D eigenvalue weighted by Gasteiger charge is -2.10. The Bertz CT molecular complexity index is 854. The topological polar surface area (TPSA) is 86.5 Å². The number of hydrogen-bond acceptors (Lipinski definition) is 5. The van der Waals surface area contributed by atoms with Gasteiger partial charge in [-0.2, -0.15) is 0 Å². The lowest BCUT2D eigenvalue weighted by atomic mass is 10.3. The number of nitro benzene ring substituents is 1. The molecule has 22 heavy (non-hydrogen) atoms. The molecule has 2 aromatic carbocycles. The van der Waals surface area contributed by atoms with Gasteiger partial charge in [0.1, 0.15) is 22.2 Å². The number of hydrogen-bond donors (Lipinski definition) is 0. The van der Waals surface area contributed by atoms with Crippen molar-refractivity contribution in [1.29, 1.82) is 0 Å². The van der Waals surface area contributed by atoms with Crippen molar-refractivity contribution < 1.29 is 22.5 Å². The third-order valence-corrected chi connectivity index (χ3v) is 4.42. The van der Waals surface area contributed by atoms with Crippen molar-refractivity contribution in [3.63, 3.8) is 0 Å². The second-order valence-electron chi connectivity index (χ2n) is 4.34. The van der Waals surface area contributed by atoms with Crippen LogP contribution < -0.4 is 4.74 Å². The minimum absolute atomic E-state index is 0.0689. The van der Waals surface area contributed by atoms with Crippen LogP contribution in [-0.2, 0) is 9.84 Å². The number of nitro groups is 1. The van der Waals surface area contributed by atoms with Crippen LogP contribution in [-0.4, -0.2) is 19.6 Å². The molecule has 9 heteroatoms. The SMILES string of the molecule is CS(=O)(=O)c1cc([N+](=O)[O-])ccc1Oc1ccc(Br)c(F)c1. The summed E-state index contributed by atoms with van der Waals surface area (Å²) in [6.07, 6.45) is 0.904. The minimum Gasteiger partial charge on any atom is -0.456 e. The molecule has 0 saturated carbocycles. The maximum atomic E-state index is 13.5. The summed E-state index contributed by atoms with van der Waals surface area (Å²) in [7, 11) is -3.76. The van der Waals surface area contributed by atoms with Crippen molar-refractivity contribution in [3.8, 4) is 11.5 Å². The van der Waals surface area contributed by atoms with E-state index in [1.54, 1.807) is 0 Å². The fraction of sp³-hybridized carbons (Fsp3) is 0.0769. The van der Waals surface area contributed by atoms with E-state index in [0.717, 1.165) is 30.5 Å². The maximum absolute atomic E-state index is 13.5. The van der Waals surface area contributed by atoms with E-state index >= 15 is 0 Å². The number of halogens is 2. The van der Waals surface area contributed by atoms with Crippen molar-refractivity contribution in [1.82, 2.24) is 0 Å². The number of rotatable bonds is 4. The second kappa shape index (κ2) is 6.01. The van der Waals surface area contributed by atoms with Crippen LogP contribution in [0.3, 0.4) is 0 Å². The lowest BCUT2D eigenvalue weighted by Crippen LogP contribution is -2.02. The van der Waals surface area contributed by atoms with Gasteiger partial charge in [-0.1, -0.05) is 0 Å². The Morgan fingerprint density at radius 1 is 1.23 bits per heavy atom. The Morgan fingerprint density at radius 3 is 2.45 bits per heavy atom. The normalized spacial score (nSPS) is 11.2. The zero-order chi connectivity index (χ0) is 16.5. The molecule has 0 fully saturated rings. The highest BCUT2D eigenvalue weighted by Crippen LogP contribution is 2.33. The lowest BCUT2D eigenvalue weighted by molar-refractivity contribution is -0.385. The van der Waals surface area contributed by atoms with Gasteiger partial charge in [-0.3, -0.25) is 10.1 Å².